The zero-order valence-electron chi connectivity index (χ0n) is 18.0. The molecule has 33 heavy (non-hydrogen) atoms. The average molecular weight is 489 g/mol. The molecule has 0 radical (unpaired) electrons. The lowest BCUT2D eigenvalue weighted by Gasteiger charge is -2.26. The number of nitrogens with one attached hydrogen (secondary N) is 1. The Kier molecular flexibility index (Phi) is 7.45. The SMILES string of the molecule is CC(C)C(NC(=O)c1cc(S(=O)(=O)N2CCOCC2)ccc1F)c1cccc(C(F)(F)F)c1. The predicted molar refractivity (Wildman–Crippen MR) is 112 cm³/mol. The summed E-state index contributed by atoms with van der Waals surface area (Å²) in [6.45, 7) is 4.10. The second-order valence-electron chi connectivity index (χ2n) is 7.98. The monoisotopic (exact) mass is 488 g/mol. The number of hydrogen-bond donors (Lipinski definition) is 1. The van der Waals surface area contributed by atoms with Crippen molar-refractivity contribution in [3.63, 3.8) is 0 Å². The third kappa shape index (κ3) is 5.71. The van der Waals surface area contributed by atoms with Gasteiger partial charge in [0.15, 0.2) is 0 Å². The first kappa shape index (κ1) is 25.1. The first-order chi connectivity index (χ1) is 15.4. The molecular weight excluding hydrogens is 464 g/mol. The molecule has 1 unspecified atom stereocenters. The first-order valence-corrected chi connectivity index (χ1v) is 11.7. The van der Waals surface area contributed by atoms with Crippen LogP contribution in [0.15, 0.2) is 47.4 Å². The van der Waals surface area contributed by atoms with E-state index in [4.69, 9.17) is 4.74 Å². The highest BCUT2D eigenvalue weighted by Crippen LogP contribution is 2.32. The Morgan fingerprint density at radius 2 is 1.76 bits per heavy atom. The number of rotatable bonds is 6. The van der Waals surface area contributed by atoms with Gasteiger partial charge in [0.25, 0.3) is 5.91 Å². The summed E-state index contributed by atoms with van der Waals surface area (Å²) in [5, 5.41) is 2.55. The zero-order chi connectivity index (χ0) is 24.4. The van der Waals surface area contributed by atoms with Gasteiger partial charge in [0.05, 0.1) is 35.3 Å². The number of amides is 1. The largest absolute Gasteiger partial charge is 0.416 e. The molecular formula is C22H24F4N2O4S. The first-order valence-electron chi connectivity index (χ1n) is 10.3. The van der Waals surface area contributed by atoms with Crippen LogP contribution in [-0.4, -0.2) is 44.9 Å². The van der Waals surface area contributed by atoms with E-state index in [2.05, 4.69) is 5.32 Å². The van der Waals surface area contributed by atoms with Crippen molar-refractivity contribution in [2.45, 2.75) is 31.0 Å². The molecule has 180 valence electrons. The molecule has 1 aliphatic rings. The van der Waals surface area contributed by atoms with Crippen molar-refractivity contribution in [1.82, 2.24) is 9.62 Å². The molecule has 0 aromatic heterocycles. The van der Waals surface area contributed by atoms with Crippen molar-refractivity contribution in [2.24, 2.45) is 5.92 Å². The van der Waals surface area contributed by atoms with Crippen LogP contribution in [0.3, 0.4) is 0 Å². The van der Waals surface area contributed by atoms with Gasteiger partial charge in [-0.05, 0) is 41.8 Å². The molecule has 1 N–H and O–H groups in total. The van der Waals surface area contributed by atoms with E-state index in [1.165, 1.54) is 16.4 Å². The van der Waals surface area contributed by atoms with Crippen LogP contribution in [-0.2, 0) is 20.9 Å². The van der Waals surface area contributed by atoms with Crippen LogP contribution < -0.4 is 5.32 Å². The van der Waals surface area contributed by atoms with E-state index in [-0.39, 0.29) is 42.7 Å². The van der Waals surface area contributed by atoms with Gasteiger partial charge in [0, 0.05) is 13.1 Å². The van der Waals surface area contributed by atoms with Crippen LogP contribution in [0.5, 0.6) is 0 Å². The molecule has 0 saturated carbocycles. The van der Waals surface area contributed by atoms with Crippen molar-refractivity contribution in [3.05, 3.63) is 65.0 Å². The minimum Gasteiger partial charge on any atom is -0.379 e. The summed E-state index contributed by atoms with van der Waals surface area (Å²) in [5.74, 6) is -2.21. The Morgan fingerprint density at radius 1 is 1.09 bits per heavy atom. The van der Waals surface area contributed by atoms with Crippen LogP contribution in [0, 0.1) is 11.7 Å². The number of nitrogens with zero attached hydrogens (tertiary/aromatic N) is 1. The summed E-state index contributed by atoms with van der Waals surface area (Å²) in [7, 11) is -3.97. The van der Waals surface area contributed by atoms with Gasteiger partial charge in [-0.25, -0.2) is 12.8 Å². The number of halogens is 4. The molecule has 1 atom stereocenters. The Bertz CT molecular complexity index is 1110. The van der Waals surface area contributed by atoms with Gasteiger partial charge >= 0.3 is 6.18 Å². The molecule has 2 aromatic carbocycles. The van der Waals surface area contributed by atoms with E-state index < -0.39 is 45.1 Å². The third-order valence-electron chi connectivity index (χ3n) is 5.32. The Labute approximate surface area is 189 Å². The molecule has 2 aromatic rings. The van der Waals surface area contributed by atoms with E-state index in [1.54, 1.807) is 13.8 Å². The average Bonchev–Trinajstić information content (AvgIpc) is 2.77. The molecule has 1 saturated heterocycles. The fraction of sp³-hybridized carbons (Fsp3) is 0.409. The fourth-order valence-electron chi connectivity index (χ4n) is 3.54. The van der Waals surface area contributed by atoms with Gasteiger partial charge in [0.2, 0.25) is 10.0 Å². The van der Waals surface area contributed by atoms with Crippen LogP contribution in [0.2, 0.25) is 0 Å². The molecule has 0 aliphatic carbocycles. The summed E-state index contributed by atoms with van der Waals surface area (Å²) in [6.07, 6.45) is -4.56. The number of benzene rings is 2. The highest BCUT2D eigenvalue weighted by Gasteiger charge is 2.32. The second kappa shape index (κ2) is 9.78. The quantitative estimate of drug-likeness (QED) is 0.624. The number of carbonyl (C=O) groups is 1. The van der Waals surface area contributed by atoms with Gasteiger partial charge in [-0.15, -0.1) is 0 Å². The normalized spacial score (nSPS) is 16.6. The van der Waals surface area contributed by atoms with Crippen LogP contribution >= 0.6 is 0 Å². The number of carbonyl (C=O) groups excluding carboxylic acids is 1. The van der Waals surface area contributed by atoms with Gasteiger partial charge in [-0.2, -0.15) is 17.5 Å². The van der Waals surface area contributed by atoms with E-state index in [0.717, 1.165) is 30.3 Å². The summed E-state index contributed by atoms with van der Waals surface area (Å²) < 4.78 is 85.9. The molecule has 1 heterocycles. The molecule has 6 nitrogen and oxygen atoms in total. The number of sulfonamides is 1. The summed E-state index contributed by atoms with van der Waals surface area (Å²) in [4.78, 5) is 12.6. The topological polar surface area (TPSA) is 75.7 Å². The third-order valence-corrected chi connectivity index (χ3v) is 7.21. The van der Waals surface area contributed by atoms with Crippen molar-refractivity contribution < 1.29 is 35.5 Å². The van der Waals surface area contributed by atoms with Gasteiger partial charge < -0.3 is 10.1 Å². The zero-order valence-corrected chi connectivity index (χ0v) is 18.8. The lowest BCUT2D eigenvalue weighted by molar-refractivity contribution is -0.137. The van der Waals surface area contributed by atoms with Crippen LogP contribution in [0.1, 0.15) is 41.4 Å². The summed E-state index contributed by atoms with van der Waals surface area (Å²) in [5.41, 5.74) is -1.18. The second-order valence-corrected chi connectivity index (χ2v) is 9.91. The maximum Gasteiger partial charge on any atom is 0.416 e. The molecule has 11 heteroatoms. The minimum atomic E-state index is -4.56. The highest BCUT2D eigenvalue weighted by molar-refractivity contribution is 7.89. The van der Waals surface area contributed by atoms with Crippen molar-refractivity contribution in [1.29, 1.82) is 0 Å². The smallest absolute Gasteiger partial charge is 0.379 e. The molecule has 1 aliphatic heterocycles. The van der Waals surface area contributed by atoms with Crippen LogP contribution in [0.4, 0.5) is 17.6 Å². The lowest BCUT2D eigenvalue weighted by atomic mass is 9.94. The van der Waals surface area contributed by atoms with Crippen LogP contribution in [0.25, 0.3) is 0 Å². The number of hydrogen-bond acceptors (Lipinski definition) is 4. The van der Waals surface area contributed by atoms with Crippen molar-refractivity contribution in [2.75, 3.05) is 26.3 Å². The highest BCUT2D eigenvalue weighted by atomic mass is 32.2. The van der Waals surface area contributed by atoms with Crippen molar-refractivity contribution >= 4 is 15.9 Å². The molecule has 1 amide bonds. The minimum absolute atomic E-state index is 0.131. The standard InChI is InChI=1S/C22H24F4N2O4S/c1-14(2)20(15-4-3-5-16(12-15)22(24,25)26)27-21(29)18-13-17(6-7-19(18)23)33(30,31)28-8-10-32-11-9-28/h3-7,12-14,20H,8-11H2,1-2H3,(H,27,29). The fourth-order valence-corrected chi connectivity index (χ4v) is 4.97. The van der Waals surface area contributed by atoms with Crippen molar-refractivity contribution in [3.8, 4) is 0 Å². The van der Waals surface area contributed by atoms with Gasteiger partial charge in [-0.1, -0.05) is 26.0 Å². The number of alkyl halides is 3. The maximum atomic E-state index is 14.5. The van der Waals surface area contributed by atoms with E-state index in [9.17, 15) is 30.8 Å². The number of morpholine rings is 1. The maximum absolute atomic E-state index is 14.5. The van der Waals surface area contributed by atoms with E-state index in [0.29, 0.717) is 0 Å². The van der Waals surface area contributed by atoms with E-state index in [1.807, 2.05) is 0 Å². The molecule has 3 rings (SSSR count). The number of ether oxygens (including phenoxy) is 1. The Morgan fingerprint density at radius 3 is 2.36 bits per heavy atom. The van der Waals surface area contributed by atoms with E-state index >= 15 is 0 Å². The predicted octanol–water partition coefficient (Wildman–Crippen LogP) is 3.99. The molecule has 0 spiro atoms. The summed E-state index contributed by atoms with van der Waals surface area (Å²) in [6, 6.07) is 6.56. The Balaban J connectivity index is 1.90. The lowest BCUT2D eigenvalue weighted by Crippen LogP contribution is -2.40. The molecule has 0 bridgehead atoms. The van der Waals surface area contributed by atoms with Gasteiger partial charge in [0.1, 0.15) is 5.82 Å². The van der Waals surface area contributed by atoms with Gasteiger partial charge in [-0.3, -0.25) is 4.79 Å². The molecule has 1 fully saturated rings. The Hall–Kier alpha value is -2.50. The summed E-state index contributed by atoms with van der Waals surface area (Å²) >= 11 is 0.